The first-order valence-corrected chi connectivity index (χ1v) is 10.4. The molecule has 160 valence electrons. The molecule has 0 spiro atoms. The summed E-state index contributed by atoms with van der Waals surface area (Å²) in [6.45, 7) is 3.82. The summed E-state index contributed by atoms with van der Waals surface area (Å²) >= 11 is 0. The molecule has 1 aromatic heterocycles. The number of aromatic nitrogens is 1. The van der Waals surface area contributed by atoms with Crippen molar-refractivity contribution in [3.63, 3.8) is 0 Å². The number of pyridine rings is 1. The van der Waals surface area contributed by atoms with Crippen LogP contribution in [0.15, 0.2) is 54.6 Å². The number of para-hydroxylation sites is 2. The van der Waals surface area contributed by atoms with Gasteiger partial charge < -0.3 is 10.6 Å². The smallest absolute Gasteiger partial charge is 0.295 e. The fraction of sp³-hybridized carbons (Fsp3) is 0.304. The normalized spacial score (nSPS) is 15.0. The molecule has 0 aliphatic carbocycles. The van der Waals surface area contributed by atoms with E-state index < -0.39 is 4.92 Å². The van der Waals surface area contributed by atoms with Crippen LogP contribution in [0.4, 0.5) is 17.1 Å². The first kappa shape index (κ1) is 20.7. The molecule has 0 bridgehead atoms. The molecule has 1 saturated heterocycles. The summed E-state index contributed by atoms with van der Waals surface area (Å²) in [5.74, 6) is -0.0133. The molecule has 1 aliphatic heterocycles. The fourth-order valence-electron chi connectivity index (χ4n) is 4.01. The van der Waals surface area contributed by atoms with Crippen LogP contribution in [0.25, 0.3) is 10.9 Å². The number of piperidine rings is 1. The second-order valence-corrected chi connectivity index (χ2v) is 7.85. The van der Waals surface area contributed by atoms with E-state index in [4.69, 9.17) is 0 Å². The highest BCUT2D eigenvalue weighted by atomic mass is 16.6. The lowest BCUT2D eigenvalue weighted by molar-refractivity contribution is -0.383. The Morgan fingerprint density at radius 3 is 2.61 bits per heavy atom. The standard InChI is InChI=1S/C23H25N5O3/c1-16-14-20(19-8-5-9-21(28(30)31)23(19)24-16)25-18-10-12-27(13-11-18)15-22(29)26-17-6-3-2-4-7-17/h2-9,14,18H,10-13,15H2,1H3,(H,24,25)(H,26,29). The molecule has 2 aromatic carbocycles. The Balaban J connectivity index is 1.38. The fourth-order valence-corrected chi connectivity index (χ4v) is 4.01. The summed E-state index contributed by atoms with van der Waals surface area (Å²) in [5, 5.41) is 18.6. The van der Waals surface area contributed by atoms with Gasteiger partial charge in [0.1, 0.15) is 0 Å². The van der Waals surface area contributed by atoms with Crippen LogP contribution in [0, 0.1) is 17.0 Å². The molecule has 4 rings (SSSR count). The number of hydrogen-bond donors (Lipinski definition) is 2. The molecule has 1 amide bonds. The average Bonchev–Trinajstić information content (AvgIpc) is 2.75. The zero-order valence-electron chi connectivity index (χ0n) is 17.4. The molecule has 0 saturated carbocycles. The Morgan fingerprint density at radius 1 is 1.16 bits per heavy atom. The summed E-state index contributed by atoms with van der Waals surface area (Å²) in [6.07, 6.45) is 1.77. The van der Waals surface area contributed by atoms with E-state index in [-0.39, 0.29) is 17.6 Å². The van der Waals surface area contributed by atoms with Crippen molar-refractivity contribution < 1.29 is 9.72 Å². The van der Waals surface area contributed by atoms with Gasteiger partial charge in [-0.3, -0.25) is 19.8 Å². The Bertz CT molecular complexity index is 1100. The van der Waals surface area contributed by atoms with Crippen LogP contribution in [0.3, 0.4) is 0 Å². The molecule has 8 heteroatoms. The Hall–Kier alpha value is -3.52. The topological polar surface area (TPSA) is 100 Å². The molecule has 2 N–H and O–H groups in total. The Kier molecular flexibility index (Phi) is 6.08. The third-order valence-electron chi connectivity index (χ3n) is 5.51. The lowest BCUT2D eigenvalue weighted by Crippen LogP contribution is -2.42. The molecular formula is C23H25N5O3. The number of aryl methyl sites for hydroxylation is 1. The van der Waals surface area contributed by atoms with Gasteiger partial charge in [0, 0.05) is 47.7 Å². The van der Waals surface area contributed by atoms with Crippen LogP contribution in [0.2, 0.25) is 0 Å². The number of non-ortho nitro benzene ring substituents is 1. The van der Waals surface area contributed by atoms with Gasteiger partial charge in [0.2, 0.25) is 5.91 Å². The van der Waals surface area contributed by atoms with Gasteiger partial charge in [-0.25, -0.2) is 4.98 Å². The van der Waals surface area contributed by atoms with E-state index in [1.807, 2.05) is 49.4 Å². The third kappa shape index (κ3) is 4.97. The summed E-state index contributed by atoms with van der Waals surface area (Å²) in [6, 6.07) is 16.7. The molecular weight excluding hydrogens is 394 g/mol. The second kappa shape index (κ2) is 9.09. The van der Waals surface area contributed by atoms with Crippen molar-refractivity contribution >= 4 is 33.9 Å². The summed E-state index contributed by atoms with van der Waals surface area (Å²) in [4.78, 5) is 29.8. The minimum absolute atomic E-state index is 0.0133. The number of nitro groups is 1. The Morgan fingerprint density at radius 2 is 1.90 bits per heavy atom. The maximum Gasteiger partial charge on any atom is 0.295 e. The van der Waals surface area contributed by atoms with Gasteiger partial charge in [0.25, 0.3) is 5.69 Å². The molecule has 0 unspecified atom stereocenters. The van der Waals surface area contributed by atoms with Crippen molar-refractivity contribution in [2.24, 2.45) is 0 Å². The van der Waals surface area contributed by atoms with Crippen molar-refractivity contribution in [3.05, 3.63) is 70.4 Å². The van der Waals surface area contributed by atoms with Crippen LogP contribution in [0.5, 0.6) is 0 Å². The van der Waals surface area contributed by atoms with Gasteiger partial charge in [-0.05, 0) is 38.0 Å². The third-order valence-corrected chi connectivity index (χ3v) is 5.51. The molecule has 8 nitrogen and oxygen atoms in total. The number of rotatable bonds is 6. The average molecular weight is 419 g/mol. The van der Waals surface area contributed by atoms with Crippen LogP contribution in [0.1, 0.15) is 18.5 Å². The number of amides is 1. The number of nitrogens with zero attached hydrogens (tertiary/aromatic N) is 3. The predicted molar refractivity (Wildman–Crippen MR) is 121 cm³/mol. The number of carbonyl (C=O) groups excluding carboxylic acids is 1. The van der Waals surface area contributed by atoms with Crippen molar-refractivity contribution in [2.45, 2.75) is 25.8 Å². The number of anilines is 2. The zero-order valence-corrected chi connectivity index (χ0v) is 17.4. The number of benzene rings is 2. The number of likely N-dealkylation sites (tertiary alicyclic amines) is 1. The Labute approximate surface area is 180 Å². The lowest BCUT2D eigenvalue weighted by atomic mass is 10.0. The minimum Gasteiger partial charge on any atom is -0.382 e. The van der Waals surface area contributed by atoms with Crippen LogP contribution in [-0.2, 0) is 4.79 Å². The second-order valence-electron chi connectivity index (χ2n) is 7.85. The highest BCUT2D eigenvalue weighted by molar-refractivity contribution is 5.96. The number of nitrogens with one attached hydrogen (secondary N) is 2. The van der Waals surface area contributed by atoms with Crippen molar-refractivity contribution in [1.29, 1.82) is 0 Å². The first-order valence-electron chi connectivity index (χ1n) is 10.4. The van der Waals surface area contributed by atoms with E-state index in [2.05, 4.69) is 20.5 Å². The van der Waals surface area contributed by atoms with Gasteiger partial charge in [0.05, 0.1) is 11.5 Å². The lowest BCUT2D eigenvalue weighted by Gasteiger charge is -2.32. The summed E-state index contributed by atoms with van der Waals surface area (Å²) in [7, 11) is 0. The SMILES string of the molecule is Cc1cc(NC2CCN(CC(=O)Nc3ccccc3)CC2)c2cccc([N+](=O)[O-])c2n1. The van der Waals surface area contributed by atoms with Crippen molar-refractivity contribution in [3.8, 4) is 0 Å². The van der Waals surface area contributed by atoms with Crippen LogP contribution in [-0.4, -0.2) is 46.4 Å². The van der Waals surface area contributed by atoms with Crippen molar-refractivity contribution in [2.75, 3.05) is 30.3 Å². The molecule has 1 aliphatic rings. The van der Waals surface area contributed by atoms with Crippen LogP contribution >= 0.6 is 0 Å². The molecule has 0 atom stereocenters. The summed E-state index contributed by atoms with van der Waals surface area (Å²) < 4.78 is 0. The molecule has 1 fully saturated rings. The van der Waals surface area contributed by atoms with E-state index in [0.29, 0.717) is 12.1 Å². The van der Waals surface area contributed by atoms with Gasteiger partial charge in [-0.1, -0.05) is 30.3 Å². The molecule has 3 aromatic rings. The van der Waals surface area contributed by atoms with Gasteiger partial charge in [-0.2, -0.15) is 0 Å². The zero-order chi connectivity index (χ0) is 21.8. The molecule has 2 heterocycles. The molecule has 31 heavy (non-hydrogen) atoms. The highest BCUT2D eigenvalue weighted by Crippen LogP contribution is 2.31. The van der Waals surface area contributed by atoms with E-state index in [9.17, 15) is 14.9 Å². The summed E-state index contributed by atoms with van der Waals surface area (Å²) in [5.41, 5.74) is 2.83. The minimum atomic E-state index is -0.391. The van der Waals surface area contributed by atoms with E-state index in [0.717, 1.165) is 48.4 Å². The highest BCUT2D eigenvalue weighted by Gasteiger charge is 2.22. The van der Waals surface area contributed by atoms with Crippen molar-refractivity contribution in [1.82, 2.24) is 9.88 Å². The van der Waals surface area contributed by atoms with E-state index in [1.165, 1.54) is 6.07 Å². The van der Waals surface area contributed by atoms with Gasteiger partial charge >= 0.3 is 0 Å². The van der Waals surface area contributed by atoms with Gasteiger partial charge in [0.15, 0.2) is 5.52 Å². The quantitative estimate of drug-likeness (QED) is 0.463. The van der Waals surface area contributed by atoms with Gasteiger partial charge in [-0.15, -0.1) is 0 Å². The van der Waals surface area contributed by atoms with Crippen LogP contribution < -0.4 is 10.6 Å². The number of fused-ring (bicyclic) bond motifs is 1. The maximum atomic E-state index is 12.3. The monoisotopic (exact) mass is 419 g/mol. The maximum absolute atomic E-state index is 12.3. The van der Waals surface area contributed by atoms with E-state index >= 15 is 0 Å². The largest absolute Gasteiger partial charge is 0.382 e. The molecule has 0 radical (unpaired) electrons. The number of nitro benzene ring substituents is 1. The number of hydrogen-bond acceptors (Lipinski definition) is 6. The number of carbonyl (C=O) groups is 1. The van der Waals surface area contributed by atoms with E-state index in [1.54, 1.807) is 6.07 Å². The predicted octanol–water partition coefficient (Wildman–Crippen LogP) is 3.97. The first-order chi connectivity index (χ1) is 15.0.